The molecule has 2 nitrogen and oxygen atoms in total. The highest BCUT2D eigenvalue weighted by molar-refractivity contribution is 5.85. The SMILES string of the molecule is CCC(C)c1ccc(C(=O)[O-])cc1. The van der Waals surface area contributed by atoms with E-state index in [-0.39, 0.29) is 5.56 Å². The summed E-state index contributed by atoms with van der Waals surface area (Å²) < 4.78 is 0. The second-order valence-electron chi connectivity index (χ2n) is 3.22. The quantitative estimate of drug-likeness (QED) is 0.703. The summed E-state index contributed by atoms with van der Waals surface area (Å²) in [5, 5.41) is 10.4. The molecular weight excluding hydrogens is 164 g/mol. The van der Waals surface area contributed by atoms with E-state index >= 15 is 0 Å². The second kappa shape index (κ2) is 4.08. The molecule has 2 heteroatoms. The van der Waals surface area contributed by atoms with Crippen molar-refractivity contribution in [2.24, 2.45) is 0 Å². The molecule has 70 valence electrons. The first kappa shape index (κ1) is 9.78. The van der Waals surface area contributed by atoms with Crippen LogP contribution in [-0.2, 0) is 0 Å². The third-order valence-corrected chi connectivity index (χ3v) is 2.33. The van der Waals surface area contributed by atoms with Gasteiger partial charge in [-0.15, -0.1) is 0 Å². The van der Waals surface area contributed by atoms with E-state index in [2.05, 4.69) is 13.8 Å². The van der Waals surface area contributed by atoms with Crippen molar-refractivity contribution in [2.75, 3.05) is 0 Å². The zero-order valence-corrected chi connectivity index (χ0v) is 7.91. The Morgan fingerprint density at radius 3 is 2.31 bits per heavy atom. The van der Waals surface area contributed by atoms with Crippen molar-refractivity contribution in [3.8, 4) is 0 Å². The predicted octanol–water partition coefficient (Wildman–Crippen LogP) is 1.56. The lowest BCUT2D eigenvalue weighted by molar-refractivity contribution is -0.255. The molecule has 1 aromatic carbocycles. The predicted molar refractivity (Wildman–Crippen MR) is 49.5 cm³/mol. The summed E-state index contributed by atoms with van der Waals surface area (Å²) in [5.74, 6) is -0.633. The maximum atomic E-state index is 10.4. The summed E-state index contributed by atoms with van der Waals surface area (Å²) in [5.41, 5.74) is 1.42. The fourth-order valence-corrected chi connectivity index (χ4v) is 1.18. The fraction of sp³-hybridized carbons (Fsp3) is 0.364. The van der Waals surface area contributed by atoms with Crippen LogP contribution in [0.3, 0.4) is 0 Å². The summed E-state index contributed by atoms with van der Waals surface area (Å²) in [6, 6.07) is 6.88. The summed E-state index contributed by atoms with van der Waals surface area (Å²) >= 11 is 0. The maximum Gasteiger partial charge on any atom is 0.0715 e. The van der Waals surface area contributed by atoms with Gasteiger partial charge in [0.05, 0.1) is 5.97 Å². The van der Waals surface area contributed by atoms with E-state index in [0.717, 1.165) is 6.42 Å². The van der Waals surface area contributed by atoms with E-state index in [1.54, 1.807) is 12.1 Å². The van der Waals surface area contributed by atoms with Crippen LogP contribution in [0.15, 0.2) is 24.3 Å². The van der Waals surface area contributed by atoms with Crippen molar-refractivity contribution in [1.29, 1.82) is 0 Å². The highest BCUT2D eigenvalue weighted by Gasteiger charge is 2.01. The molecule has 0 saturated carbocycles. The minimum Gasteiger partial charge on any atom is -0.545 e. The van der Waals surface area contributed by atoms with Crippen molar-refractivity contribution < 1.29 is 9.90 Å². The molecule has 0 N–H and O–H groups in total. The lowest BCUT2D eigenvalue weighted by atomic mass is 9.98. The van der Waals surface area contributed by atoms with Crippen LogP contribution in [0.5, 0.6) is 0 Å². The van der Waals surface area contributed by atoms with Gasteiger partial charge >= 0.3 is 0 Å². The molecule has 1 rings (SSSR count). The Balaban J connectivity index is 2.87. The Morgan fingerprint density at radius 1 is 1.38 bits per heavy atom. The minimum atomic E-state index is -1.12. The zero-order chi connectivity index (χ0) is 9.84. The van der Waals surface area contributed by atoms with E-state index < -0.39 is 5.97 Å². The van der Waals surface area contributed by atoms with Crippen LogP contribution in [0.2, 0.25) is 0 Å². The number of carboxylic acids is 1. The number of carbonyl (C=O) groups excluding carboxylic acids is 1. The Labute approximate surface area is 78.2 Å². The van der Waals surface area contributed by atoms with Crippen LogP contribution in [0, 0.1) is 0 Å². The van der Waals surface area contributed by atoms with Crippen LogP contribution in [-0.4, -0.2) is 5.97 Å². The molecule has 1 atom stereocenters. The third-order valence-electron chi connectivity index (χ3n) is 2.33. The highest BCUT2D eigenvalue weighted by atomic mass is 16.4. The van der Waals surface area contributed by atoms with E-state index in [4.69, 9.17) is 0 Å². The monoisotopic (exact) mass is 177 g/mol. The van der Waals surface area contributed by atoms with Gasteiger partial charge in [0.25, 0.3) is 0 Å². The fourth-order valence-electron chi connectivity index (χ4n) is 1.18. The van der Waals surface area contributed by atoms with E-state index in [9.17, 15) is 9.90 Å². The Kier molecular flexibility index (Phi) is 3.07. The topological polar surface area (TPSA) is 40.1 Å². The van der Waals surface area contributed by atoms with E-state index in [1.807, 2.05) is 12.1 Å². The average molecular weight is 177 g/mol. The van der Waals surface area contributed by atoms with Gasteiger partial charge in [0, 0.05) is 0 Å². The molecule has 0 amide bonds. The largest absolute Gasteiger partial charge is 0.545 e. The molecule has 0 heterocycles. The number of carbonyl (C=O) groups is 1. The maximum absolute atomic E-state index is 10.4. The zero-order valence-electron chi connectivity index (χ0n) is 7.91. The van der Waals surface area contributed by atoms with Crippen LogP contribution in [0.1, 0.15) is 42.1 Å². The number of carboxylic acid groups (broad SMARTS) is 1. The van der Waals surface area contributed by atoms with Gasteiger partial charge in [-0.1, -0.05) is 38.1 Å². The van der Waals surface area contributed by atoms with Crippen molar-refractivity contribution >= 4 is 5.97 Å². The number of rotatable bonds is 3. The van der Waals surface area contributed by atoms with Gasteiger partial charge < -0.3 is 9.90 Å². The first-order valence-electron chi connectivity index (χ1n) is 4.46. The second-order valence-corrected chi connectivity index (χ2v) is 3.22. The van der Waals surface area contributed by atoms with Crippen LogP contribution in [0.25, 0.3) is 0 Å². The van der Waals surface area contributed by atoms with Crippen molar-refractivity contribution in [3.05, 3.63) is 35.4 Å². The van der Waals surface area contributed by atoms with Gasteiger partial charge in [0.2, 0.25) is 0 Å². The Morgan fingerprint density at radius 2 is 1.92 bits per heavy atom. The third kappa shape index (κ3) is 2.31. The summed E-state index contributed by atoms with van der Waals surface area (Å²) in [6.45, 7) is 4.23. The van der Waals surface area contributed by atoms with Gasteiger partial charge in [-0.3, -0.25) is 0 Å². The smallest absolute Gasteiger partial charge is 0.0715 e. The lowest BCUT2D eigenvalue weighted by Gasteiger charge is -2.09. The Bertz CT molecular complexity index is 287. The van der Waals surface area contributed by atoms with Gasteiger partial charge in [-0.25, -0.2) is 0 Å². The van der Waals surface area contributed by atoms with Crippen LogP contribution >= 0.6 is 0 Å². The molecule has 0 radical (unpaired) electrons. The number of benzene rings is 1. The first-order chi connectivity index (χ1) is 6.15. The molecule has 0 aliphatic rings. The van der Waals surface area contributed by atoms with Crippen molar-refractivity contribution in [1.82, 2.24) is 0 Å². The summed E-state index contributed by atoms with van der Waals surface area (Å²) in [4.78, 5) is 10.4. The average Bonchev–Trinajstić information content (AvgIpc) is 2.17. The molecule has 0 spiro atoms. The van der Waals surface area contributed by atoms with Crippen LogP contribution in [0.4, 0.5) is 0 Å². The lowest BCUT2D eigenvalue weighted by Crippen LogP contribution is -2.22. The van der Waals surface area contributed by atoms with E-state index in [1.165, 1.54) is 5.56 Å². The van der Waals surface area contributed by atoms with Gasteiger partial charge in [0.1, 0.15) is 0 Å². The number of aromatic carboxylic acids is 1. The molecule has 0 bridgehead atoms. The molecule has 0 aromatic heterocycles. The molecule has 0 saturated heterocycles. The summed E-state index contributed by atoms with van der Waals surface area (Å²) in [6.07, 6.45) is 1.06. The summed E-state index contributed by atoms with van der Waals surface area (Å²) in [7, 11) is 0. The van der Waals surface area contributed by atoms with Crippen molar-refractivity contribution in [3.63, 3.8) is 0 Å². The molecule has 13 heavy (non-hydrogen) atoms. The normalized spacial score (nSPS) is 12.5. The van der Waals surface area contributed by atoms with Crippen LogP contribution < -0.4 is 5.11 Å². The molecule has 0 aliphatic heterocycles. The number of hydrogen-bond donors (Lipinski definition) is 0. The van der Waals surface area contributed by atoms with Gasteiger partial charge in [0.15, 0.2) is 0 Å². The Hall–Kier alpha value is -1.31. The highest BCUT2D eigenvalue weighted by Crippen LogP contribution is 2.18. The minimum absolute atomic E-state index is 0.243. The standard InChI is InChI=1S/C11H14O2/c1-3-8(2)9-4-6-10(7-5-9)11(12)13/h4-8H,3H2,1-2H3,(H,12,13)/p-1. The number of hydrogen-bond acceptors (Lipinski definition) is 2. The molecule has 0 aliphatic carbocycles. The van der Waals surface area contributed by atoms with Gasteiger partial charge in [-0.2, -0.15) is 0 Å². The van der Waals surface area contributed by atoms with Crippen molar-refractivity contribution in [2.45, 2.75) is 26.2 Å². The van der Waals surface area contributed by atoms with E-state index in [0.29, 0.717) is 5.92 Å². The van der Waals surface area contributed by atoms with Gasteiger partial charge in [-0.05, 0) is 23.5 Å². The molecule has 0 fully saturated rings. The molecule has 1 unspecified atom stereocenters. The first-order valence-corrected chi connectivity index (χ1v) is 4.46. The molecule has 1 aromatic rings. The molecular formula is C11H13O2-.